The molecule has 0 atom stereocenters. The van der Waals surface area contributed by atoms with Gasteiger partial charge < -0.3 is 4.74 Å². The maximum Gasteiger partial charge on any atom is 0.313 e. The number of esters is 1. The number of benzene rings is 2. The first kappa shape index (κ1) is 15.4. The highest BCUT2D eigenvalue weighted by molar-refractivity contribution is 9.10. The minimum Gasteiger partial charge on any atom is -0.460 e. The Bertz CT molecular complexity index is 623. The highest BCUT2D eigenvalue weighted by atomic mass is 79.9. The highest BCUT2D eigenvalue weighted by Crippen LogP contribution is 2.13. The molecule has 0 unspecified atom stereocenters. The highest BCUT2D eigenvalue weighted by Gasteiger charge is 2.11. The van der Waals surface area contributed by atoms with Crippen LogP contribution < -0.4 is 0 Å². The standard InChI is InChI=1S/C17H15BrO3/c18-15-8-4-7-14(9-15)10-16(19)11-17(20)21-12-13-5-2-1-3-6-13/h1-9H,10-12H2. The van der Waals surface area contributed by atoms with Crippen molar-refractivity contribution in [1.82, 2.24) is 0 Å². The molecule has 0 aliphatic rings. The third-order valence-corrected chi connectivity index (χ3v) is 3.37. The van der Waals surface area contributed by atoms with Crippen molar-refractivity contribution in [3.63, 3.8) is 0 Å². The predicted molar refractivity (Wildman–Crippen MR) is 83.7 cm³/mol. The van der Waals surface area contributed by atoms with Crippen molar-refractivity contribution in [2.75, 3.05) is 0 Å². The molecule has 0 spiro atoms. The van der Waals surface area contributed by atoms with E-state index in [1.54, 1.807) is 0 Å². The Balaban J connectivity index is 1.78. The third-order valence-electron chi connectivity index (χ3n) is 2.87. The number of hydrogen-bond donors (Lipinski definition) is 0. The van der Waals surface area contributed by atoms with Crippen LogP contribution in [0.4, 0.5) is 0 Å². The maximum atomic E-state index is 11.8. The van der Waals surface area contributed by atoms with Crippen molar-refractivity contribution in [3.8, 4) is 0 Å². The number of ketones is 1. The summed E-state index contributed by atoms with van der Waals surface area (Å²) in [5.74, 6) is -0.634. The molecular weight excluding hydrogens is 332 g/mol. The second-order valence-corrected chi connectivity index (χ2v) is 5.58. The van der Waals surface area contributed by atoms with Gasteiger partial charge in [-0.3, -0.25) is 9.59 Å². The van der Waals surface area contributed by atoms with Gasteiger partial charge in [0.05, 0.1) is 0 Å². The van der Waals surface area contributed by atoms with Gasteiger partial charge in [0.15, 0.2) is 0 Å². The molecule has 0 fully saturated rings. The van der Waals surface area contributed by atoms with E-state index in [2.05, 4.69) is 15.9 Å². The zero-order valence-electron chi connectivity index (χ0n) is 11.4. The first-order chi connectivity index (χ1) is 10.1. The number of carbonyl (C=O) groups is 2. The molecule has 0 bridgehead atoms. The van der Waals surface area contributed by atoms with E-state index in [4.69, 9.17) is 4.74 Å². The SMILES string of the molecule is O=C(CC(=O)OCc1ccccc1)Cc1cccc(Br)c1. The Morgan fingerprint density at radius 2 is 1.67 bits per heavy atom. The van der Waals surface area contributed by atoms with Crippen LogP contribution in [0.2, 0.25) is 0 Å². The van der Waals surface area contributed by atoms with Gasteiger partial charge in [-0.1, -0.05) is 58.4 Å². The predicted octanol–water partition coefficient (Wildman–Crippen LogP) is 3.69. The molecule has 4 heteroatoms. The van der Waals surface area contributed by atoms with Crippen LogP contribution in [0.25, 0.3) is 0 Å². The zero-order valence-corrected chi connectivity index (χ0v) is 13.0. The average molecular weight is 347 g/mol. The summed E-state index contributed by atoms with van der Waals surface area (Å²) >= 11 is 3.35. The van der Waals surface area contributed by atoms with Crippen molar-refractivity contribution in [2.24, 2.45) is 0 Å². The van der Waals surface area contributed by atoms with Crippen molar-refractivity contribution in [3.05, 3.63) is 70.2 Å². The van der Waals surface area contributed by atoms with Gasteiger partial charge in [0.25, 0.3) is 0 Å². The summed E-state index contributed by atoms with van der Waals surface area (Å²) in [6.45, 7) is 0.198. The van der Waals surface area contributed by atoms with Gasteiger partial charge in [-0.05, 0) is 23.3 Å². The third kappa shape index (κ3) is 5.52. The van der Waals surface area contributed by atoms with E-state index in [0.717, 1.165) is 15.6 Å². The first-order valence-corrected chi connectivity index (χ1v) is 7.38. The minimum absolute atomic E-state index is 0.147. The van der Waals surface area contributed by atoms with Crippen LogP contribution in [0.15, 0.2) is 59.1 Å². The molecule has 0 radical (unpaired) electrons. The number of carbonyl (C=O) groups excluding carboxylic acids is 2. The van der Waals surface area contributed by atoms with Gasteiger partial charge in [-0.15, -0.1) is 0 Å². The van der Waals surface area contributed by atoms with Crippen molar-refractivity contribution < 1.29 is 14.3 Å². The molecule has 3 nitrogen and oxygen atoms in total. The molecule has 2 aromatic rings. The van der Waals surface area contributed by atoms with E-state index in [1.807, 2.05) is 54.6 Å². The van der Waals surface area contributed by atoms with Crippen molar-refractivity contribution in [1.29, 1.82) is 0 Å². The van der Waals surface area contributed by atoms with Crippen molar-refractivity contribution in [2.45, 2.75) is 19.4 Å². The van der Waals surface area contributed by atoms with Crippen LogP contribution in [-0.4, -0.2) is 11.8 Å². The van der Waals surface area contributed by atoms with E-state index in [1.165, 1.54) is 0 Å². The summed E-state index contributed by atoms with van der Waals surface area (Å²) in [7, 11) is 0. The molecule has 0 aliphatic carbocycles. The normalized spacial score (nSPS) is 10.1. The fourth-order valence-corrected chi connectivity index (χ4v) is 2.33. The fraction of sp³-hybridized carbons (Fsp3) is 0.176. The van der Waals surface area contributed by atoms with Gasteiger partial charge in [0.1, 0.15) is 18.8 Å². The molecular formula is C17H15BrO3. The van der Waals surface area contributed by atoms with Gasteiger partial charge in [-0.2, -0.15) is 0 Å². The summed E-state index contributed by atoms with van der Waals surface area (Å²) in [5, 5.41) is 0. The molecule has 2 rings (SSSR count). The molecule has 0 amide bonds. The Kier molecular flexibility index (Phi) is 5.69. The lowest BCUT2D eigenvalue weighted by Gasteiger charge is -2.05. The minimum atomic E-state index is -0.487. The van der Waals surface area contributed by atoms with E-state index in [0.29, 0.717) is 0 Å². The zero-order chi connectivity index (χ0) is 15.1. The van der Waals surface area contributed by atoms with Gasteiger partial charge in [0, 0.05) is 10.9 Å². The van der Waals surface area contributed by atoms with Gasteiger partial charge >= 0.3 is 5.97 Å². The Labute approximate surface area is 132 Å². The van der Waals surface area contributed by atoms with Crippen LogP contribution in [0.5, 0.6) is 0 Å². The second-order valence-electron chi connectivity index (χ2n) is 4.67. The topological polar surface area (TPSA) is 43.4 Å². The summed E-state index contributed by atoms with van der Waals surface area (Å²) < 4.78 is 6.01. The molecule has 0 aliphatic heterocycles. The van der Waals surface area contributed by atoms with Crippen LogP contribution in [0, 0.1) is 0 Å². The van der Waals surface area contributed by atoms with E-state index in [-0.39, 0.29) is 25.2 Å². The van der Waals surface area contributed by atoms with E-state index >= 15 is 0 Å². The number of halogens is 1. The number of hydrogen-bond acceptors (Lipinski definition) is 3. The molecule has 0 aromatic heterocycles. The molecule has 0 heterocycles. The van der Waals surface area contributed by atoms with Crippen LogP contribution in [-0.2, 0) is 27.4 Å². The van der Waals surface area contributed by atoms with Gasteiger partial charge in [0.2, 0.25) is 0 Å². The second kappa shape index (κ2) is 7.74. The largest absolute Gasteiger partial charge is 0.460 e. The smallest absolute Gasteiger partial charge is 0.313 e. The summed E-state index contributed by atoms with van der Waals surface area (Å²) in [6.07, 6.45) is 0.0409. The molecule has 0 saturated heterocycles. The quantitative estimate of drug-likeness (QED) is 0.591. The lowest BCUT2D eigenvalue weighted by molar-refractivity contribution is -0.147. The summed E-state index contributed by atoms with van der Waals surface area (Å²) in [4.78, 5) is 23.5. The lowest BCUT2D eigenvalue weighted by atomic mass is 10.1. The molecule has 21 heavy (non-hydrogen) atoms. The lowest BCUT2D eigenvalue weighted by Crippen LogP contribution is -2.13. The van der Waals surface area contributed by atoms with Gasteiger partial charge in [-0.25, -0.2) is 0 Å². The molecule has 108 valence electrons. The molecule has 2 aromatic carbocycles. The molecule has 0 N–H and O–H groups in total. The number of rotatable bonds is 6. The maximum absolute atomic E-state index is 11.8. The Morgan fingerprint density at radius 3 is 2.38 bits per heavy atom. The Hall–Kier alpha value is -1.94. The number of Topliss-reactive ketones (excluding diaryl/α,β-unsaturated/α-hetero) is 1. The number of ether oxygens (including phenoxy) is 1. The van der Waals surface area contributed by atoms with E-state index < -0.39 is 5.97 Å². The van der Waals surface area contributed by atoms with E-state index in [9.17, 15) is 9.59 Å². The monoisotopic (exact) mass is 346 g/mol. The van der Waals surface area contributed by atoms with Crippen LogP contribution in [0.1, 0.15) is 17.5 Å². The van der Waals surface area contributed by atoms with Crippen LogP contribution in [0.3, 0.4) is 0 Å². The van der Waals surface area contributed by atoms with Crippen molar-refractivity contribution >= 4 is 27.7 Å². The first-order valence-electron chi connectivity index (χ1n) is 6.59. The molecule has 0 saturated carbocycles. The van der Waals surface area contributed by atoms with Crippen LogP contribution >= 0.6 is 15.9 Å². The Morgan fingerprint density at radius 1 is 0.952 bits per heavy atom. The summed E-state index contributed by atoms with van der Waals surface area (Å²) in [5.41, 5.74) is 1.79. The summed E-state index contributed by atoms with van der Waals surface area (Å²) in [6, 6.07) is 16.9. The fourth-order valence-electron chi connectivity index (χ4n) is 1.89. The average Bonchev–Trinajstić information content (AvgIpc) is 2.46.